The Morgan fingerprint density at radius 3 is 2.13 bits per heavy atom. The highest BCUT2D eigenvalue weighted by Gasteiger charge is 2.33. The SMILES string of the molecule is CC[C@H](C(=O)NC(C)C)N(Cc1ccccc1)C(=O)CN(c1cccc(OC)c1)S(=O)(=O)c1ccccc1. The average Bonchev–Trinajstić information content (AvgIpc) is 2.92. The molecule has 0 heterocycles. The molecule has 0 spiro atoms. The van der Waals surface area contributed by atoms with E-state index in [2.05, 4.69) is 5.32 Å². The molecular formula is C29H35N3O5S. The Morgan fingerprint density at radius 2 is 1.55 bits per heavy atom. The molecule has 202 valence electrons. The lowest BCUT2D eigenvalue weighted by Crippen LogP contribution is -2.53. The third-order valence-corrected chi connectivity index (χ3v) is 7.75. The first kappa shape index (κ1) is 28.7. The monoisotopic (exact) mass is 537 g/mol. The van der Waals surface area contributed by atoms with Crippen molar-refractivity contribution < 1.29 is 22.7 Å². The van der Waals surface area contributed by atoms with Crippen LogP contribution in [0.2, 0.25) is 0 Å². The number of amides is 2. The highest BCUT2D eigenvalue weighted by atomic mass is 32.2. The molecule has 0 radical (unpaired) electrons. The van der Waals surface area contributed by atoms with Crippen LogP contribution < -0.4 is 14.4 Å². The number of carbonyl (C=O) groups is 2. The second kappa shape index (κ2) is 13.1. The van der Waals surface area contributed by atoms with E-state index >= 15 is 0 Å². The van der Waals surface area contributed by atoms with Crippen molar-refractivity contribution in [1.82, 2.24) is 10.2 Å². The second-order valence-electron chi connectivity index (χ2n) is 9.12. The van der Waals surface area contributed by atoms with E-state index in [0.717, 1.165) is 9.87 Å². The Labute approximate surface area is 225 Å². The molecule has 3 rings (SSSR count). The number of methoxy groups -OCH3 is 1. The molecule has 0 aliphatic heterocycles. The molecule has 1 N–H and O–H groups in total. The van der Waals surface area contributed by atoms with Gasteiger partial charge in [-0.15, -0.1) is 0 Å². The summed E-state index contributed by atoms with van der Waals surface area (Å²) in [6.45, 7) is 5.19. The van der Waals surface area contributed by atoms with Gasteiger partial charge in [0.15, 0.2) is 0 Å². The van der Waals surface area contributed by atoms with Crippen molar-refractivity contribution in [2.75, 3.05) is 18.0 Å². The molecule has 0 fully saturated rings. The van der Waals surface area contributed by atoms with Gasteiger partial charge in [-0.1, -0.05) is 61.5 Å². The third kappa shape index (κ3) is 7.13. The molecule has 0 saturated heterocycles. The second-order valence-corrected chi connectivity index (χ2v) is 11.0. The van der Waals surface area contributed by atoms with Gasteiger partial charge in [-0.3, -0.25) is 13.9 Å². The fourth-order valence-electron chi connectivity index (χ4n) is 4.09. The number of sulfonamides is 1. The lowest BCUT2D eigenvalue weighted by atomic mass is 10.1. The van der Waals surface area contributed by atoms with Gasteiger partial charge in [0.2, 0.25) is 11.8 Å². The maximum absolute atomic E-state index is 14.0. The first-order chi connectivity index (χ1) is 18.2. The molecule has 0 aliphatic carbocycles. The van der Waals surface area contributed by atoms with E-state index in [4.69, 9.17) is 4.74 Å². The summed E-state index contributed by atoms with van der Waals surface area (Å²) >= 11 is 0. The predicted octanol–water partition coefficient (Wildman–Crippen LogP) is 4.22. The maximum atomic E-state index is 14.0. The molecular weight excluding hydrogens is 502 g/mol. The first-order valence-electron chi connectivity index (χ1n) is 12.5. The molecule has 3 aromatic rings. The molecule has 0 saturated carbocycles. The van der Waals surface area contributed by atoms with E-state index < -0.39 is 28.5 Å². The van der Waals surface area contributed by atoms with Crippen LogP contribution in [0.1, 0.15) is 32.8 Å². The molecule has 0 aliphatic rings. The number of nitrogens with zero attached hydrogens (tertiary/aromatic N) is 2. The summed E-state index contributed by atoms with van der Waals surface area (Å²) in [5, 5.41) is 2.89. The van der Waals surface area contributed by atoms with Crippen LogP contribution in [0.3, 0.4) is 0 Å². The zero-order chi connectivity index (χ0) is 27.7. The van der Waals surface area contributed by atoms with Crippen molar-refractivity contribution in [2.24, 2.45) is 0 Å². The van der Waals surface area contributed by atoms with E-state index in [0.29, 0.717) is 12.2 Å². The zero-order valence-electron chi connectivity index (χ0n) is 22.2. The summed E-state index contributed by atoms with van der Waals surface area (Å²) in [6.07, 6.45) is 0.363. The number of hydrogen-bond acceptors (Lipinski definition) is 5. The van der Waals surface area contributed by atoms with Gasteiger partial charge >= 0.3 is 0 Å². The van der Waals surface area contributed by atoms with Gasteiger partial charge in [-0.25, -0.2) is 8.42 Å². The number of benzene rings is 3. The Hall–Kier alpha value is -3.85. The van der Waals surface area contributed by atoms with E-state index in [1.807, 2.05) is 51.1 Å². The van der Waals surface area contributed by atoms with E-state index in [-0.39, 0.29) is 29.1 Å². The van der Waals surface area contributed by atoms with Crippen molar-refractivity contribution in [3.05, 3.63) is 90.5 Å². The zero-order valence-corrected chi connectivity index (χ0v) is 23.0. The standard InChI is InChI=1S/C29H35N3O5S/c1-5-27(29(34)30-22(2)3)31(20-23-13-8-6-9-14-23)28(33)21-32(24-15-12-16-25(19-24)37-4)38(35,36)26-17-10-7-11-18-26/h6-19,22,27H,5,20-21H2,1-4H3,(H,30,34)/t27-/m1/s1. The fourth-order valence-corrected chi connectivity index (χ4v) is 5.52. The minimum Gasteiger partial charge on any atom is -0.497 e. The number of nitrogens with one attached hydrogen (secondary N) is 1. The predicted molar refractivity (Wildman–Crippen MR) is 148 cm³/mol. The van der Waals surface area contributed by atoms with Crippen LogP contribution in [0.25, 0.3) is 0 Å². The summed E-state index contributed by atoms with van der Waals surface area (Å²) < 4.78 is 34.0. The largest absolute Gasteiger partial charge is 0.497 e. The van der Waals surface area contributed by atoms with Gasteiger partial charge in [0.05, 0.1) is 17.7 Å². The van der Waals surface area contributed by atoms with Crippen molar-refractivity contribution in [2.45, 2.75) is 50.7 Å². The molecule has 8 nitrogen and oxygen atoms in total. The van der Waals surface area contributed by atoms with Crippen LogP contribution in [-0.2, 0) is 26.2 Å². The summed E-state index contributed by atoms with van der Waals surface area (Å²) in [5.74, 6) is -0.334. The van der Waals surface area contributed by atoms with Gasteiger partial charge < -0.3 is 15.0 Å². The van der Waals surface area contributed by atoms with Crippen molar-refractivity contribution in [1.29, 1.82) is 0 Å². The molecule has 9 heteroatoms. The maximum Gasteiger partial charge on any atom is 0.264 e. The van der Waals surface area contributed by atoms with Gasteiger partial charge in [-0.2, -0.15) is 0 Å². The smallest absolute Gasteiger partial charge is 0.264 e. The lowest BCUT2D eigenvalue weighted by molar-refractivity contribution is -0.140. The van der Waals surface area contributed by atoms with Crippen LogP contribution in [0.4, 0.5) is 5.69 Å². The first-order valence-corrected chi connectivity index (χ1v) is 14.0. The Bertz CT molecular complexity index is 1310. The average molecular weight is 538 g/mol. The van der Waals surface area contributed by atoms with Crippen LogP contribution in [-0.4, -0.2) is 50.9 Å². The Morgan fingerprint density at radius 1 is 0.921 bits per heavy atom. The van der Waals surface area contributed by atoms with Crippen LogP contribution in [0.15, 0.2) is 89.8 Å². The van der Waals surface area contributed by atoms with Crippen molar-refractivity contribution in [3.63, 3.8) is 0 Å². The number of anilines is 1. The van der Waals surface area contributed by atoms with E-state index in [1.165, 1.54) is 24.1 Å². The molecule has 0 bridgehead atoms. The van der Waals surface area contributed by atoms with Gasteiger partial charge in [0.25, 0.3) is 10.0 Å². The fraction of sp³-hybridized carbons (Fsp3) is 0.310. The minimum absolute atomic E-state index is 0.0508. The molecule has 38 heavy (non-hydrogen) atoms. The van der Waals surface area contributed by atoms with Gasteiger partial charge in [-0.05, 0) is 50.1 Å². The Kier molecular flexibility index (Phi) is 9.90. The number of rotatable bonds is 12. The molecule has 2 amide bonds. The summed E-state index contributed by atoms with van der Waals surface area (Å²) in [6, 6.07) is 22.9. The summed E-state index contributed by atoms with van der Waals surface area (Å²) in [5.41, 5.74) is 1.11. The van der Waals surface area contributed by atoms with Gasteiger partial charge in [0, 0.05) is 18.7 Å². The lowest BCUT2D eigenvalue weighted by Gasteiger charge is -2.33. The van der Waals surface area contributed by atoms with Gasteiger partial charge in [0.1, 0.15) is 18.3 Å². The molecule has 0 unspecified atom stereocenters. The highest BCUT2D eigenvalue weighted by molar-refractivity contribution is 7.92. The summed E-state index contributed by atoms with van der Waals surface area (Å²) in [4.78, 5) is 28.6. The van der Waals surface area contributed by atoms with Crippen molar-refractivity contribution in [3.8, 4) is 5.75 Å². The summed E-state index contributed by atoms with van der Waals surface area (Å²) in [7, 11) is -2.64. The number of carbonyl (C=O) groups excluding carboxylic acids is 2. The van der Waals surface area contributed by atoms with Crippen molar-refractivity contribution >= 4 is 27.5 Å². The normalized spacial score (nSPS) is 12.0. The van der Waals surface area contributed by atoms with Crippen LogP contribution >= 0.6 is 0 Å². The topological polar surface area (TPSA) is 96.0 Å². The highest BCUT2D eigenvalue weighted by Crippen LogP contribution is 2.27. The molecule has 1 atom stereocenters. The molecule has 0 aromatic heterocycles. The molecule has 3 aromatic carbocycles. The number of hydrogen-bond donors (Lipinski definition) is 1. The Balaban J connectivity index is 2.06. The minimum atomic E-state index is -4.12. The third-order valence-electron chi connectivity index (χ3n) is 5.96. The quantitative estimate of drug-likeness (QED) is 0.373. The van der Waals surface area contributed by atoms with E-state index in [9.17, 15) is 18.0 Å². The van der Waals surface area contributed by atoms with Crippen LogP contribution in [0, 0.1) is 0 Å². The van der Waals surface area contributed by atoms with Crippen LogP contribution in [0.5, 0.6) is 5.75 Å². The number of ether oxygens (including phenoxy) is 1. The van der Waals surface area contributed by atoms with E-state index in [1.54, 1.807) is 42.5 Å².